The average Bonchev–Trinajstić information content (AvgIpc) is 3.21. The van der Waals surface area contributed by atoms with E-state index in [0.717, 1.165) is 17.7 Å². The molecule has 0 saturated carbocycles. The second kappa shape index (κ2) is 8.76. The Morgan fingerprint density at radius 2 is 1.55 bits per heavy atom. The van der Waals surface area contributed by atoms with E-state index in [9.17, 15) is 4.79 Å². The van der Waals surface area contributed by atoms with Crippen molar-refractivity contribution in [1.82, 2.24) is 15.1 Å². The quantitative estimate of drug-likeness (QED) is 0.484. The number of benzene rings is 3. The van der Waals surface area contributed by atoms with Gasteiger partial charge in [-0.2, -0.15) is 5.10 Å². The molecule has 0 aliphatic carbocycles. The van der Waals surface area contributed by atoms with Crippen LogP contribution in [0.5, 0.6) is 0 Å². The van der Waals surface area contributed by atoms with Crippen LogP contribution in [0.3, 0.4) is 0 Å². The van der Waals surface area contributed by atoms with E-state index in [4.69, 9.17) is 11.6 Å². The van der Waals surface area contributed by atoms with E-state index in [-0.39, 0.29) is 5.91 Å². The molecule has 4 aromatic rings. The number of amides is 1. The molecule has 3 aromatic carbocycles. The third-order valence-electron chi connectivity index (χ3n) is 4.63. The first-order chi connectivity index (χ1) is 14.2. The lowest BCUT2D eigenvalue weighted by Crippen LogP contribution is -2.27. The molecule has 1 amide bonds. The number of halogens is 1. The standard InChI is InChI=1S/C24H20ClN3O/c25-21-14-8-7-13-20(21)22-17-23(28(27-22)19-11-5-2-6-12-19)24(29)26-16-15-18-9-3-1-4-10-18/h1-14,17H,15-16H2,(H,26,29). The molecule has 29 heavy (non-hydrogen) atoms. The van der Waals surface area contributed by atoms with Crippen LogP contribution in [0, 0.1) is 0 Å². The van der Waals surface area contributed by atoms with Crippen LogP contribution in [0.2, 0.25) is 5.02 Å². The predicted octanol–water partition coefficient (Wildman–Crippen LogP) is 5.17. The maximum Gasteiger partial charge on any atom is 0.270 e. The zero-order valence-electron chi connectivity index (χ0n) is 15.8. The highest BCUT2D eigenvalue weighted by Gasteiger charge is 2.18. The van der Waals surface area contributed by atoms with Gasteiger partial charge in [0, 0.05) is 12.1 Å². The van der Waals surface area contributed by atoms with Gasteiger partial charge in [-0.3, -0.25) is 4.79 Å². The van der Waals surface area contributed by atoms with E-state index < -0.39 is 0 Å². The SMILES string of the molecule is O=C(NCCc1ccccc1)c1cc(-c2ccccc2Cl)nn1-c1ccccc1. The van der Waals surface area contributed by atoms with Gasteiger partial charge in [-0.25, -0.2) is 4.68 Å². The van der Waals surface area contributed by atoms with Crippen LogP contribution >= 0.6 is 11.6 Å². The molecule has 0 atom stereocenters. The summed E-state index contributed by atoms with van der Waals surface area (Å²) < 4.78 is 1.66. The van der Waals surface area contributed by atoms with Crippen LogP contribution in [0.25, 0.3) is 16.9 Å². The molecule has 0 saturated heterocycles. The van der Waals surface area contributed by atoms with E-state index >= 15 is 0 Å². The molecule has 1 heterocycles. The first-order valence-corrected chi connectivity index (χ1v) is 9.83. The maximum atomic E-state index is 13.0. The zero-order valence-corrected chi connectivity index (χ0v) is 16.5. The molecule has 0 aliphatic rings. The maximum absolute atomic E-state index is 13.0. The number of carbonyl (C=O) groups excluding carboxylic acids is 1. The third-order valence-corrected chi connectivity index (χ3v) is 4.96. The van der Waals surface area contributed by atoms with Gasteiger partial charge in [-0.1, -0.05) is 78.3 Å². The van der Waals surface area contributed by atoms with Crippen molar-refractivity contribution in [1.29, 1.82) is 0 Å². The molecule has 0 aliphatic heterocycles. The van der Waals surface area contributed by atoms with Crippen LogP contribution in [0.15, 0.2) is 91.0 Å². The van der Waals surface area contributed by atoms with Gasteiger partial charge in [0.05, 0.1) is 16.4 Å². The summed E-state index contributed by atoms with van der Waals surface area (Å²) in [5, 5.41) is 8.27. The number of hydrogen-bond donors (Lipinski definition) is 1. The van der Waals surface area contributed by atoms with Gasteiger partial charge in [-0.05, 0) is 36.2 Å². The lowest BCUT2D eigenvalue weighted by atomic mass is 10.1. The van der Waals surface area contributed by atoms with Crippen molar-refractivity contribution in [3.8, 4) is 16.9 Å². The number of para-hydroxylation sites is 1. The normalized spacial score (nSPS) is 10.7. The van der Waals surface area contributed by atoms with Crippen LogP contribution in [-0.2, 0) is 6.42 Å². The molecule has 5 heteroatoms. The Morgan fingerprint density at radius 3 is 2.28 bits per heavy atom. The Kier molecular flexibility index (Phi) is 5.73. The number of carbonyl (C=O) groups is 1. The van der Waals surface area contributed by atoms with Crippen molar-refractivity contribution < 1.29 is 4.79 Å². The fourth-order valence-electron chi connectivity index (χ4n) is 3.17. The fourth-order valence-corrected chi connectivity index (χ4v) is 3.40. The smallest absolute Gasteiger partial charge is 0.270 e. The second-order valence-corrected chi connectivity index (χ2v) is 7.04. The molecule has 0 fully saturated rings. The molecule has 4 rings (SSSR count). The largest absolute Gasteiger partial charge is 0.350 e. The Balaban J connectivity index is 1.62. The second-order valence-electron chi connectivity index (χ2n) is 6.63. The van der Waals surface area contributed by atoms with Gasteiger partial charge in [0.25, 0.3) is 5.91 Å². The monoisotopic (exact) mass is 401 g/mol. The van der Waals surface area contributed by atoms with E-state index in [2.05, 4.69) is 22.5 Å². The Morgan fingerprint density at radius 1 is 0.897 bits per heavy atom. The highest BCUT2D eigenvalue weighted by Crippen LogP contribution is 2.28. The van der Waals surface area contributed by atoms with Crippen LogP contribution in [0.4, 0.5) is 0 Å². The van der Waals surface area contributed by atoms with Crippen LogP contribution < -0.4 is 5.32 Å². The highest BCUT2D eigenvalue weighted by atomic mass is 35.5. The number of nitrogens with one attached hydrogen (secondary N) is 1. The van der Waals surface area contributed by atoms with E-state index in [0.29, 0.717) is 23.0 Å². The Hall–Kier alpha value is -3.37. The number of rotatable bonds is 6. The topological polar surface area (TPSA) is 46.9 Å². The van der Waals surface area contributed by atoms with Gasteiger partial charge in [0.2, 0.25) is 0 Å². The summed E-state index contributed by atoms with van der Waals surface area (Å²) in [5.41, 5.74) is 3.93. The molecule has 144 valence electrons. The van der Waals surface area contributed by atoms with Crippen molar-refractivity contribution in [2.24, 2.45) is 0 Å². The number of aromatic nitrogens is 2. The molecular weight excluding hydrogens is 382 g/mol. The predicted molar refractivity (Wildman–Crippen MR) is 116 cm³/mol. The van der Waals surface area contributed by atoms with Gasteiger partial charge in [-0.15, -0.1) is 0 Å². The molecular formula is C24H20ClN3O. The van der Waals surface area contributed by atoms with Crippen molar-refractivity contribution >= 4 is 17.5 Å². The Bertz CT molecular complexity index is 1110. The fraction of sp³-hybridized carbons (Fsp3) is 0.0833. The van der Waals surface area contributed by atoms with Gasteiger partial charge >= 0.3 is 0 Å². The molecule has 1 aromatic heterocycles. The van der Waals surface area contributed by atoms with E-state index in [1.54, 1.807) is 10.7 Å². The summed E-state index contributed by atoms with van der Waals surface area (Å²) in [4.78, 5) is 13.0. The lowest BCUT2D eigenvalue weighted by molar-refractivity contribution is 0.0946. The van der Waals surface area contributed by atoms with Gasteiger partial charge in [0.1, 0.15) is 5.69 Å². The minimum absolute atomic E-state index is 0.171. The molecule has 0 bridgehead atoms. The lowest BCUT2D eigenvalue weighted by Gasteiger charge is -2.08. The third kappa shape index (κ3) is 4.39. The van der Waals surface area contributed by atoms with Crippen molar-refractivity contribution in [2.45, 2.75) is 6.42 Å². The van der Waals surface area contributed by atoms with Crippen LogP contribution in [-0.4, -0.2) is 22.2 Å². The summed E-state index contributed by atoms with van der Waals surface area (Å²) in [6, 6.07) is 29.0. The van der Waals surface area contributed by atoms with Crippen molar-refractivity contribution in [2.75, 3.05) is 6.54 Å². The summed E-state index contributed by atoms with van der Waals surface area (Å²) in [6.45, 7) is 0.546. The molecule has 0 spiro atoms. The van der Waals surface area contributed by atoms with Crippen molar-refractivity contribution in [3.63, 3.8) is 0 Å². The average molecular weight is 402 g/mol. The van der Waals surface area contributed by atoms with Gasteiger partial charge < -0.3 is 5.32 Å². The molecule has 0 radical (unpaired) electrons. The summed E-state index contributed by atoms with van der Waals surface area (Å²) in [7, 11) is 0. The van der Waals surface area contributed by atoms with E-state index in [1.165, 1.54) is 5.56 Å². The zero-order chi connectivity index (χ0) is 20.1. The van der Waals surface area contributed by atoms with E-state index in [1.807, 2.05) is 72.8 Å². The summed E-state index contributed by atoms with van der Waals surface area (Å²) in [6.07, 6.45) is 0.767. The highest BCUT2D eigenvalue weighted by molar-refractivity contribution is 6.33. The van der Waals surface area contributed by atoms with Crippen LogP contribution in [0.1, 0.15) is 16.1 Å². The minimum atomic E-state index is -0.171. The first kappa shape index (κ1) is 19.0. The number of nitrogens with zero attached hydrogens (tertiary/aromatic N) is 2. The summed E-state index contributed by atoms with van der Waals surface area (Å²) >= 11 is 6.35. The minimum Gasteiger partial charge on any atom is -0.350 e. The Labute approximate surface area is 174 Å². The molecule has 0 unspecified atom stereocenters. The molecule has 1 N–H and O–H groups in total. The van der Waals surface area contributed by atoms with Crippen molar-refractivity contribution in [3.05, 3.63) is 107 Å². The first-order valence-electron chi connectivity index (χ1n) is 9.45. The van der Waals surface area contributed by atoms with Gasteiger partial charge in [0.15, 0.2) is 0 Å². The molecule has 4 nitrogen and oxygen atoms in total. The summed E-state index contributed by atoms with van der Waals surface area (Å²) in [5.74, 6) is -0.171. The number of hydrogen-bond acceptors (Lipinski definition) is 2.